The molecule has 0 aliphatic heterocycles. The smallest absolute Gasteiger partial charge is 0.244 e. The zero-order chi connectivity index (χ0) is 30.1. The number of rotatable bonds is 12. The van der Waals surface area contributed by atoms with Crippen LogP contribution in [0, 0.1) is 6.92 Å². The Morgan fingerprint density at radius 3 is 2.19 bits per heavy atom. The number of para-hydroxylation sites is 2. The molecule has 1 fully saturated rings. The van der Waals surface area contributed by atoms with E-state index in [1.165, 1.54) is 12.0 Å². The number of nitrogens with one attached hydrogen (secondary N) is 1. The van der Waals surface area contributed by atoms with Gasteiger partial charge in [-0.1, -0.05) is 91.6 Å². The van der Waals surface area contributed by atoms with Crippen molar-refractivity contribution in [3.05, 3.63) is 95.6 Å². The first-order valence-electron chi connectivity index (χ1n) is 14.5. The third kappa shape index (κ3) is 8.35. The summed E-state index contributed by atoms with van der Waals surface area (Å²) in [4.78, 5) is 29.8. The molecule has 0 unspecified atom stereocenters. The minimum Gasteiger partial charge on any atom is -0.495 e. The summed E-state index contributed by atoms with van der Waals surface area (Å²) >= 11 is 0. The molecule has 1 aliphatic carbocycles. The van der Waals surface area contributed by atoms with Gasteiger partial charge in [0.15, 0.2) is 0 Å². The molecular weight excluding hydrogens is 550 g/mol. The maximum absolute atomic E-state index is 14.3. The van der Waals surface area contributed by atoms with Gasteiger partial charge in [0, 0.05) is 19.0 Å². The van der Waals surface area contributed by atoms with Crippen molar-refractivity contribution in [1.82, 2.24) is 10.2 Å². The van der Waals surface area contributed by atoms with Crippen LogP contribution in [0.4, 0.5) is 5.69 Å². The Bertz CT molecular complexity index is 1440. The van der Waals surface area contributed by atoms with Crippen LogP contribution >= 0.6 is 0 Å². The molecule has 0 heterocycles. The molecule has 3 aromatic carbocycles. The van der Waals surface area contributed by atoms with Gasteiger partial charge in [-0.3, -0.25) is 13.9 Å². The quantitative estimate of drug-likeness (QED) is 0.325. The predicted octanol–water partition coefficient (Wildman–Crippen LogP) is 4.86. The van der Waals surface area contributed by atoms with Gasteiger partial charge in [-0.15, -0.1) is 0 Å². The first-order valence-corrected chi connectivity index (χ1v) is 16.3. The Balaban J connectivity index is 1.73. The normalized spacial score (nSPS) is 14.5. The van der Waals surface area contributed by atoms with Gasteiger partial charge in [0.1, 0.15) is 18.3 Å². The molecule has 0 radical (unpaired) electrons. The van der Waals surface area contributed by atoms with E-state index in [1.54, 1.807) is 24.3 Å². The first-order chi connectivity index (χ1) is 20.2. The van der Waals surface area contributed by atoms with Crippen LogP contribution in [0.25, 0.3) is 0 Å². The highest BCUT2D eigenvalue weighted by Gasteiger charge is 2.34. The number of ether oxygens (including phenoxy) is 1. The highest BCUT2D eigenvalue weighted by molar-refractivity contribution is 7.92. The van der Waals surface area contributed by atoms with Gasteiger partial charge in [-0.2, -0.15) is 0 Å². The lowest BCUT2D eigenvalue weighted by Crippen LogP contribution is -2.55. The standard InChI is InChI=1S/C33H41N3O5S/c1-25-18-20-27(21-19-25)23-35(32(37)24-36(42(3,39)40)29-16-10-11-17-31(29)41-2)30(22-26-12-6-4-7-13-26)33(38)34-28-14-8-5-9-15-28/h4,6-7,10-13,16-21,28,30H,5,8-9,14-15,22-24H2,1-3H3,(H,34,38)/t30-/m1/s1. The summed E-state index contributed by atoms with van der Waals surface area (Å²) in [5.74, 6) is -0.377. The first kappa shape index (κ1) is 31.1. The van der Waals surface area contributed by atoms with Crippen LogP contribution < -0.4 is 14.4 Å². The summed E-state index contributed by atoms with van der Waals surface area (Å²) in [5.41, 5.74) is 3.10. The number of methoxy groups -OCH3 is 1. The Morgan fingerprint density at radius 1 is 0.905 bits per heavy atom. The predicted molar refractivity (Wildman–Crippen MR) is 166 cm³/mol. The van der Waals surface area contributed by atoms with Crippen molar-refractivity contribution in [3.63, 3.8) is 0 Å². The van der Waals surface area contributed by atoms with Gasteiger partial charge in [-0.05, 0) is 43.0 Å². The van der Waals surface area contributed by atoms with E-state index in [0.29, 0.717) is 12.2 Å². The molecule has 224 valence electrons. The van der Waals surface area contributed by atoms with Crippen LogP contribution in [0.15, 0.2) is 78.9 Å². The lowest BCUT2D eigenvalue weighted by molar-refractivity contribution is -0.140. The van der Waals surface area contributed by atoms with E-state index in [4.69, 9.17) is 4.74 Å². The fourth-order valence-corrected chi connectivity index (χ4v) is 6.27. The largest absolute Gasteiger partial charge is 0.495 e. The summed E-state index contributed by atoms with van der Waals surface area (Å²) in [6.45, 7) is 1.66. The Labute approximate surface area is 249 Å². The Morgan fingerprint density at radius 2 is 1.55 bits per heavy atom. The lowest BCUT2D eigenvalue weighted by atomic mass is 9.94. The maximum atomic E-state index is 14.3. The second-order valence-corrected chi connectivity index (χ2v) is 12.9. The number of amides is 2. The molecule has 1 saturated carbocycles. The molecule has 0 saturated heterocycles. The Kier molecular flexibility index (Phi) is 10.6. The number of hydrogen-bond acceptors (Lipinski definition) is 5. The summed E-state index contributed by atoms with van der Waals surface area (Å²) in [6.07, 6.45) is 6.45. The number of carbonyl (C=O) groups excluding carboxylic acids is 2. The second-order valence-electron chi connectivity index (χ2n) is 11.0. The van der Waals surface area contributed by atoms with Gasteiger partial charge < -0.3 is 15.0 Å². The monoisotopic (exact) mass is 591 g/mol. The average Bonchev–Trinajstić information content (AvgIpc) is 2.99. The van der Waals surface area contributed by atoms with Crippen molar-refractivity contribution >= 4 is 27.5 Å². The third-order valence-electron chi connectivity index (χ3n) is 7.73. The molecule has 9 heteroatoms. The van der Waals surface area contributed by atoms with Gasteiger partial charge in [0.05, 0.1) is 19.1 Å². The zero-order valence-corrected chi connectivity index (χ0v) is 25.5. The number of benzene rings is 3. The van der Waals surface area contributed by atoms with Crippen LogP contribution in [0.3, 0.4) is 0 Å². The highest BCUT2D eigenvalue weighted by Crippen LogP contribution is 2.30. The number of sulfonamides is 1. The van der Waals surface area contributed by atoms with Crippen molar-refractivity contribution in [2.45, 2.75) is 64.1 Å². The topological polar surface area (TPSA) is 96.0 Å². The molecule has 1 aliphatic rings. The van der Waals surface area contributed by atoms with Crippen molar-refractivity contribution < 1.29 is 22.7 Å². The van der Waals surface area contributed by atoms with Crippen molar-refractivity contribution in [2.75, 3.05) is 24.2 Å². The number of nitrogens with zero attached hydrogens (tertiary/aromatic N) is 2. The van der Waals surface area contributed by atoms with Crippen molar-refractivity contribution in [1.29, 1.82) is 0 Å². The highest BCUT2D eigenvalue weighted by atomic mass is 32.2. The number of hydrogen-bond donors (Lipinski definition) is 1. The molecular formula is C33H41N3O5S. The van der Waals surface area contributed by atoms with Crippen LogP contribution in [0.5, 0.6) is 5.75 Å². The maximum Gasteiger partial charge on any atom is 0.244 e. The molecule has 0 aromatic heterocycles. The third-order valence-corrected chi connectivity index (χ3v) is 8.86. The molecule has 2 amide bonds. The van der Waals surface area contributed by atoms with Crippen LogP contribution in [-0.2, 0) is 32.6 Å². The molecule has 3 aromatic rings. The molecule has 0 bridgehead atoms. The van der Waals surface area contributed by atoms with E-state index in [1.807, 2.05) is 61.5 Å². The number of carbonyl (C=O) groups is 2. The van der Waals surface area contributed by atoms with Crippen molar-refractivity contribution in [2.24, 2.45) is 0 Å². The molecule has 4 rings (SSSR count). The van der Waals surface area contributed by atoms with E-state index in [2.05, 4.69) is 5.32 Å². The summed E-state index contributed by atoms with van der Waals surface area (Å²) < 4.78 is 32.5. The van der Waals surface area contributed by atoms with Gasteiger partial charge in [-0.25, -0.2) is 8.42 Å². The minimum absolute atomic E-state index is 0.0574. The summed E-state index contributed by atoms with van der Waals surface area (Å²) in [7, 11) is -2.43. The lowest BCUT2D eigenvalue weighted by Gasteiger charge is -2.35. The second kappa shape index (κ2) is 14.4. The number of anilines is 1. The van der Waals surface area contributed by atoms with Gasteiger partial charge >= 0.3 is 0 Å². The van der Waals surface area contributed by atoms with E-state index in [-0.39, 0.29) is 24.2 Å². The van der Waals surface area contributed by atoms with Crippen molar-refractivity contribution in [3.8, 4) is 5.75 Å². The minimum atomic E-state index is -3.88. The molecule has 8 nitrogen and oxygen atoms in total. The van der Waals surface area contributed by atoms with Crippen LogP contribution in [-0.4, -0.2) is 57.1 Å². The fourth-order valence-electron chi connectivity index (χ4n) is 5.42. The van der Waals surface area contributed by atoms with E-state index in [9.17, 15) is 18.0 Å². The average molecular weight is 592 g/mol. The SMILES string of the molecule is COc1ccccc1N(CC(=O)N(Cc1ccc(C)cc1)[C@H](Cc1ccccc1)C(=O)NC1CCCCC1)S(C)(=O)=O. The van der Waals surface area contributed by atoms with Crippen LogP contribution in [0.2, 0.25) is 0 Å². The van der Waals surface area contributed by atoms with E-state index in [0.717, 1.165) is 59.4 Å². The summed E-state index contributed by atoms with van der Waals surface area (Å²) in [6, 6.07) is 23.3. The van der Waals surface area contributed by atoms with E-state index >= 15 is 0 Å². The van der Waals surface area contributed by atoms with Gasteiger partial charge in [0.25, 0.3) is 0 Å². The molecule has 42 heavy (non-hydrogen) atoms. The Hall–Kier alpha value is -3.85. The van der Waals surface area contributed by atoms with E-state index < -0.39 is 28.5 Å². The number of aryl methyl sites for hydroxylation is 1. The fraction of sp³-hybridized carbons (Fsp3) is 0.394. The molecule has 0 spiro atoms. The summed E-state index contributed by atoms with van der Waals surface area (Å²) in [5, 5.41) is 3.22. The molecule has 1 N–H and O–H groups in total. The molecule has 1 atom stereocenters. The zero-order valence-electron chi connectivity index (χ0n) is 24.7. The van der Waals surface area contributed by atoms with Gasteiger partial charge in [0.2, 0.25) is 21.8 Å². The van der Waals surface area contributed by atoms with Crippen LogP contribution in [0.1, 0.15) is 48.8 Å².